The summed E-state index contributed by atoms with van der Waals surface area (Å²) in [5.74, 6) is 1.27. The van der Waals surface area contributed by atoms with Crippen LogP contribution < -0.4 is 15.4 Å². The highest BCUT2D eigenvalue weighted by Crippen LogP contribution is 2.24. The summed E-state index contributed by atoms with van der Waals surface area (Å²) in [5.41, 5.74) is 0.302. The van der Waals surface area contributed by atoms with Crippen molar-refractivity contribution >= 4 is 11.9 Å². The van der Waals surface area contributed by atoms with Crippen LogP contribution in [0.25, 0.3) is 0 Å². The minimum Gasteiger partial charge on any atom is -0.496 e. The maximum Gasteiger partial charge on any atom is 0.252 e. The average Bonchev–Trinajstić information content (AvgIpc) is 2.65. The van der Waals surface area contributed by atoms with Gasteiger partial charge in [-0.05, 0) is 25.5 Å². The Morgan fingerprint density at radius 2 is 2.11 bits per heavy atom. The van der Waals surface area contributed by atoms with Crippen LogP contribution in [0.1, 0.15) is 19.4 Å². The van der Waals surface area contributed by atoms with Crippen LogP contribution in [-0.2, 0) is 11.2 Å². The van der Waals surface area contributed by atoms with Crippen LogP contribution in [-0.4, -0.2) is 31.1 Å². The van der Waals surface area contributed by atoms with Gasteiger partial charge in [-0.2, -0.15) is 0 Å². The molecule has 5 nitrogen and oxygen atoms in total. The van der Waals surface area contributed by atoms with E-state index in [0.717, 1.165) is 11.3 Å². The van der Waals surface area contributed by atoms with Crippen molar-refractivity contribution in [3.63, 3.8) is 0 Å². The molecule has 1 aromatic rings. The number of guanidine groups is 1. The van der Waals surface area contributed by atoms with Gasteiger partial charge in [0.05, 0.1) is 7.11 Å². The van der Waals surface area contributed by atoms with Crippen molar-refractivity contribution in [2.45, 2.75) is 25.8 Å². The summed E-state index contributed by atoms with van der Waals surface area (Å²) in [4.78, 5) is 16.3. The molecule has 0 aliphatic carbocycles. The van der Waals surface area contributed by atoms with Gasteiger partial charge >= 0.3 is 0 Å². The average molecular weight is 261 g/mol. The van der Waals surface area contributed by atoms with Gasteiger partial charge < -0.3 is 10.1 Å². The second kappa shape index (κ2) is 5.30. The quantitative estimate of drug-likeness (QED) is 0.853. The number of carbonyl (C=O) groups excluding carboxylic acids is 1. The number of amides is 1. The number of nitrogens with one attached hydrogen (secondary N) is 2. The summed E-state index contributed by atoms with van der Waals surface area (Å²) in [7, 11) is 1.63. The predicted molar refractivity (Wildman–Crippen MR) is 74.4 cm³/mol. The summed E-state index contributed by atoms with van der Waals surface area (Å²) in [6.07, 6.45) is 0.547. The maximum atomic E-state index is 12.1. The molecule has 1 fully saturated rings. The SMILES string of the molecule is CCN=C1NC(=O)C(C)(Cc2ccccc2OC)N1. The number of aliphatic imine (C=N–C) groups is 1. The normalized spacial score (nSPS) is 24.2. The molecule has 1 aromatic carbocycles. The van der Waals surface area contributed by atoms with Gasteiger partial charge in [0.1, 0.15) is 11.3 Å². The van der Waals surface area contributed by atoms with E-state index in [1.165, 1.54) is 0 Å². The number of rotatable bonds is 4. The largest absolute Gasteiger partial charge is 0.496 e. The topological polar surface area (TPSA) is 62.7 Å². The first-order valence-electron chi connectivity index (χ1n) is 6.35. The summed E-state index contributed by atoms with van der Waals surface area (Å²) in [5, 5.41) is 5.91. The molecule has 19 heavy (non-hydrogen) atoms. The molecule has 1 saturated heterocycles. The van der Waals surface area contributed by atoms with Gasteiger partial charge in [-0.25, -0.2) is 0 Å². The minimum atomic E-state index is -0.692. The zero-order valence-corrected chi connectivity index (χ0v) is 11.5. The molecule has 1 amide bonds. The maximum absolute atomic E-state index is 12.1. The lowest BCUT2D eigenvalue weighted by Gasteiger charge is -2.22. The van der Waals surface area contributed by atoms with Crippen molar-refractivity contribution in [3.8, 4) is 5.75 Å². The standard InChI is InChI=1S/C14H19N3O2/c1-4-15-13-16-12(18)14(2,17-13)9-10-7-5-6-8-11(10)19-3/h5-8H,4,9H2,1-3H3,(H2,15,16,17,18). The van der Waals surface area contributed by atoms with Crippen LogP contribution in [0.2, 0.25) is 0 Å². The molecule has 0 saturated carbocycles. The van der Waals surface area contributed by atoms with Crippen LogP contribution in [0.3, 0.4) is 0 Å². The van der Waals surface area contributed by atoms with E-state index in [9.17, 15) is 4.79 Å². The van der Waals surface area contributed by atoms with Gasteiger partial charge in [0.15, 0.2) is 5.96 Å². The van der Waals surface area contributed by atoms with E-state index in [4.69, 9.17) is 4.74 Å². The van der Waals surface area contributed by atoms with Gasteiger partial charge in [0.2, 0.25) is 0 Å². The van der Waals surface area contributed by atoms with Gasteiger partial charge in [0.25, 0.3) is 5.91 Å². The smallest absolute Gasteiger partial charge is 0.252 e. The van der Waals surface area contributed by atoms with Crippen LogP contribution in [0.15, 0.2) is 29.3 Å². The van der Waals surface area contributed by atoms with E-state index in [0.29, 0.717) is 18.9 Å². The molecule has 1 aliphatic heterocycles. The zero-order valence-electron chi connectivity index (χ0n) is 11.5. The summed E-state index contributed by atoms with van der Waals surface area (Å²) in [6, 6.07) is 7.71. The fourth-order valence-electron chi connectivity index (χ4n) is 2.19. The van der Waals surface area contributed by atoms with Gasteiger partial charge in [-0.15, -0.1) is 0 Å². The molecule has 2 N–H and O–H groups in total. The Kier molecular flexibility index (Phi) is 3.74. The Morgan fingerprint density at radius 1 is 1.37 bits per heavy atom. The third kappa shape index (κ3) is 2.70. The molecule has 1 unspecified atom stereocenters. The number of hydrogen-bond donors (Lipinski definition) is 2. The number of para-hydroxylation sites is 1. The number of carbonyl (C=O) groups is 1. The monoisotopic (exact) mass is 261 g/mol. The lowest BCUT2D eigenvalue weighted by molar-refractivity contribution is -0.123. The predicted octanol–water partition coefficient (Wildman–Crippen LogP) is 1.09. The van der Waals surface area contributed by atoms with E-state index in [1.807, 2.05) is 38.1 Å². The molecule has 0 radical (unpaired) electrons. The number of nitrogens with zero attached hydrogens (tertiary/aromatic N) is 1. The van der Waals surface area contributed by atoms with E-state index >= 15 is 0 Å². The van der Waals surface area contributed by atoms with Crippen LogP contribution in [0, 0.1) is 0 Å². The fraction of sp³-hybridized carbons (Fsp3) is 0.429. The fourth-order valence-corrected chi connectivity index (χ4v) is 2.19. The molecule has 0 aromatic heterocycles. The lowest BCUT2D eigenvalue weighted by atomic mass is 9.92. The second-order valence-electron chi connectivity index (χ2n) is 4.72. The zero-order chi connectivity index (χ0) is 13.9. The van der Waals surface area contributed by atoms with Crippen molar-refractivity contribution in [2.75, 3.05) is 13.7 Å². The van der Waals surface area contributed by atoms with Crippen LogP contribution in [0.4, 0.5) is 0 Å². The van der Waals surface area contributed by atoms with Gasteiger partial charge in [0, 0.05) is 13.0 Å². The molecule has 0 bridgehead atoms. The Hall–Kier alpha value is -2.04. The van der Waals surface area contributed by atoms with Crippen molar-refractivity contribution in [3.05, 3.63) is 29.8 Å². The van der Waals surface area contributed by atoms with Crippen LogP contribution >= 0.6 is 0 Å². The Morgan fingerprint density at radius 3 is 2.79 bits per heavy atom. The first kappa shape index (κ1) is 13.4. The Bertz CT molecular complexity index is 513. The first-order valence-corrected chi connectivity index (χ1v) is 6.35. The van der Waals surface area contributed by atoms with Gasteiger partial charge in [-0.1, -0.05) is 18.2 Å². The molecule has 0 spiro atoms. The molecular formula is C14H19N3O2. The van der Waals surface area contributed by atoms with E-state index in [2.05, 4.69) is 15.6 Å². The number of methoxy groups -OCH3 is 1. The summed E-state index contributed by atoms with van der Waals surface area (Å²) < 4.78 is 5.32. The van der Waals surface area contributed by atoms with Crippen molar-refractivity contribution in [2.24, 2.45) is 4.99 Å². The molecule has 1 heterocycles. The molecule has 2 rings (SSSR count). The first-order chi connectivity index (χ1) is 9.09. The molecule has 1 aliphatic rings. The highest BCUT2D eigenvalue weighted by molar-refractivity contribution is 6.08. The van der Waals surface area contributed by atoms with Crippen molar-refractivity contribution in [1.29, 1.82) is 0 Å². The van der Waals surface area contributed by atoms with Crippen LogP contribution in [0.5, 0.6) is 5.75 Å². The third-order valence-electron chi connectivity index (χ3n) is 3.18. The van der Waals surface area contributed by atoms with Crippen molar-refractivity contribution < 1.29 is 9.53 Å². The van der Waals surface area contributed by atoms with Crippen molar-refractivity contribution in [1.82, 2.24) is 10.6 Å². The Labute approximate surface area is 113 Å². The minimum absolute atomic E-state index is 0.0643. The molecule has 102 valence electrons. The molecule has 5 heteroatoms. The van der Waals surface area contributed by atoms with E-state index < -0.39 is 5.54 Å². The molecule has 1 atom stereocenters. The number of ether oxygens (including phenoxy) is 1. The molecular weight excluding hydrogens is 242 g/mol. The van der Waals surface area contributed by atoms with E-state index in [-0.39, 0.29) is 5.91 Å². The number of benzene rings is 1. The van der Waals surface area contributed by atoms with E-state index in [1.54, 1.807) is 7.11 Å². The lowest BCUT2D eigenvalue weighted by Crippen LogP contribution is -2.45. The third-order valence-corrected chi connectivity index (χ3v) is 3.18. The number of hydrogen-bond acceptors (Lipinski definition) is 3. The summed E-state index contributed by atoms with van der Waals surface area (Å²) in [6.45, 7) is 4.43. The second-order valence-corrected chi connectivity index (χ2v) is 4.72. The van der Waals surface area contributed by atoms with Gasteiger partial charge in [-0.3, -0.25) is 15.1 Å². The highest BCUT2D eigenvalue weighted by Gasteiger charge is 2.41. The Balaban J connectivity index is 2.22. The summed E-state index contributed by atoms with van der Waals surface area (Å²) >= 11 is 0. The highest BCUT2D eigenvalue weighted by atomic mass is 16.5.